The lowest BCUT2D eigenvalue weighted by molar-refractivity contribution is 0.150. The lowest BCUT2D eigenvalue weighted by Gasteiger charge is -2.22. The van der Waals surface area contributed by atoms with Crippen molar-refractivity contribution in [3.8, 4) is 0 Å². The minimum absolute atomic E-state index is 0.0180. The van der Waals surface area contributed by atoms with Crippen molar-refractivity contribution in [1.82, 2.24) is 4.57 Å². The summed E-state index contributed by atoms with van der Waals surface area (Å²) in [5.41, 5.74) is 3.11. The number of aromatic nitrogens is 1. The minimum atomic E-state index is -0.358. The van der Waals surface area contributed by atoms with Gasteiger partial charge in [-0.3, -0.25) is 14.3 Å². The highest BCUT2D eigenvalue weighted by Crippen LogP contribution is 2.30. The van der Waals surface area contributed by atoms with Gasteiger partial charge in [-0.05, 0) is 47.5 Å². The Labute approximate surface area is 189 Å². The first kappa shape index (κ1) is 21.3. The number of ether oxygens (including phenoxy) is 1. The second-order valence-electron chi connectivity index (χ2n) is 7.13. The van der Waals surface area contributed by atoms with Crippen LogP contribution >= 0.6 is 22.7 Å². The van der Waals surface area contributed by atoms with E-state index in [-0.39, 0.29) is 17.6 Å². The first-order valence-corrected chi connectivity index (χ1v) is 12.0. The van der Waals surface area contributed by atoms with Crippen LogP contribution in [0.4, 0.5) is 9.80 Å². The van der Waals surface area contributed by atoms with Crippen LogP contribution in [0, 0.1) is 0 Å². The van der Waals surface area contributed by atoms with Crippen LogP contribution in [-0.2, 0) is 24.2 Å². The number of benzene rings is 2. The predicted molar refractivity (Wildman–Crippen MR) is 128 cm³/mol. The quantitative estimate of drug-likeness (QED) is 0.312. The maximum absolute atomic E-state index is 13.0. The zero-order valence-corrected chi connectivity index (χ0v) is 19.0. The van der Waals surface area contributed by atoms with Crippen molar-refractivity contribution >= 4 is 44.0 Å². The molecule has 0 unspecified atom stereocenters. The lowest BCUT2D eigenvalue weighted by Crippen LogP contribution is -2.31. The van der Waals surface area contributed by atoms with Gasteiger partial charge < -0.3 is 4.74 Å². The number of hydrogen-bond acceptors (Lipinski definition) is 5. The summed E-state index contributed by atoms with van der Waals surface area (Å²) >= 11 is 2.80. The van der Waals surface area contributed by atoms with Gasteiger partial charge in [-0.2, -0.15) is 0 Å². The van der Waals surface area contributed by atoms with Gasteiger partial charge >= 0.3 is 11.0 Å². The molecule has 0 fully saturated rings. The van der Waals surface area contributed by atoms with E-state index in [0.29, 0.717) is 19.5 Å². The number of carbonyl (C=O) groups is 1. The summed E-state index contributed by atoms with van der Waals surface area (Å²) in [7, 11) is 0. The maximum atomic E-state index is 13.0. The van der Waals surface area contributed by atoms with Crippen LogP contribution in [0.2, 0.25) is 0 Å². The van der Waals surface area contributed by atoms with E-state index in [0.717, 1.165) is 32.8 Å². The molecule has 31 heavy (non-hydrogen) atoms. The summed E-state index contributed by atoms with van der Waals surface area (Å²) in [4.78, 5) is 27.0. The van der Waals surface area contributed by atoms with Crippen molar-refractivity contribution in [2.75, 3.05) is 11.5 Å². The number of thiophene rings is 1. The number of carbonyl (C=O) groups excluding carboxylic acids is 1. The molecule has 5 nitrogen and oxygen atoms in total. The molecule has 7 heteroatoms. The summed E-state index contributed by atoms with van der Waals surface area (Å²) in [6.07, 6.45) is 1.07. The van der Waals surface area contributed by atoms with E-state index < -0.39 is 0 Å². The molecule has 0 aliphatic rings. The van der Waals surface area contributed by atoms with Gasteiger partial charge in [-0.1, -0.05) is 60.7 Å². The molecule has 0 atom stereocenters. The Morgan fingerprint density at radius 2 is 1.84 bits per heavy atom. The average Bonchev–Trinajstić information content (AvgIpc) is 3.39. The van der Waals surface area contributed by atoms with Crippen LogP contribution in [0.5, 0.6) is 0 Å². The van der Waals surface area contributed by atoms with Crippen LogP contribution in [0.25, 0.3) is 10.2 Å². The Bertz CT molecular complexity index is 1210. The van der Waals surface area contributed by atoms with Crippen LogP contribution in [-0.4, -0.2) is 17.3 Å². The molecule has 4 aromatic rings. The van der Waals surface area contributed by atoms with E-state index in [1.165, 1.54) is 11.3 Å². The highest BCUT2D eigenvalue weighted by Gasteiger charge is 2.21. The van der Waals surface area contributed by atoms with Gasteiger partial charge in [0.05, 0.1) is 23.4 Å². The van der Waals surface area contributed by atoms with Gasteiger partial charge in [-0.15, -0.1) is 11.3 Å². The van der Waals surface area contributed by atoms with Gasteiger partial charge in [0.2, 0.25) is 0 Å². The van der Waals surface area contributed by atoms with Gasteiger partial charge in [-0.25, -0.2) is 4.79 Å². The van der Waals surface area contributed by atoms with E-state index >= 15 is 0 Å². The van der Waals surface area contributed by atoms with E-state index in [9.17, 15) is 9.59 Å². The Balaban J connectivity index is 1.42. The number of anilines is 1. The van der Waals surface area contributed by atoms with Crippen molar-refractivity contribution < 1.29 is 9.53 Å². The SMILES string of the molecule is CCc1ccsc1N(Cc1ccccc1)C(=O)OCCCn1c(=O)sc2ccccc21. The number of hydrogen-bond donors (Lipinski definition) is 0. The number of rotatable bonds is 8. The maximum Gasteiger partial charge on any atom is 0.415 e. The molecule has 0 spiro atoms. The molecule has 2 aromatic carbocycles. The van der Waals surface area contributed by atoms with Crippen LogP contribution in [0.3, 0.4) is 0 Å². The molecular formula is C24H24N2O3S2. The van der Waals surface area contributed by atoms with Crippen molar-refractivity contribution in [3.05, 3.63) is 86.8 Å². The van der Waals surface area contributed by atoms with E-state index in [4.69, 9.17) is 4.74 Å². The third-order valence-corrected chi connectivity index (χ3v) is 7.02. The summed E-state index contributed by atoms with van der Waals surface area (Å²) in [6.45, 7) is 3.32. The van der Waals surface area contributed by atoms with E-state index in [1.807, 2.05) is 60.0 Å². The normalized spacial score (nSPS) is 11.0. The number of nitrogens with zero attached hydrogens (tertiary/aromatic N) is 2. The zero-order chi connectivity index (χ0) is 21.6. The Morgan fingerprint density at radius 3 is 2.65 bits per heavy atom. The number of thiazole rings is 1. The molecule has 1 amide bonds. The molecule has 0 radical (unpaired) electrons. The van der Waals surface area contributed by atoms with Crippen molar-refractivity contribution in [2.24, 2.45) is 0 Å². The number of amides is 1. The monoisotopic (exact) mass is 452 g/mol. The molecule has 160 valence electrons. The van der Waals surface area contributed by atoms with Crippen molar-refractivity contribution in [3.63, 3.8) is 0 Å². The Hall–Kier alpha value is -2.90. The van der Waals surface area contributed by atoms with Crippen molar-refractivity contribution in [2.45, 2.75) is 32.9 Å². The zero-order valence-electron chi connectivity index (χ0n) is 17.3. The first-order chi connectivity index (χ1) is 15.2. The second kappa shape index (κ2) is 9.94. The summed E-state index contributed by atoms with van der Waals surface area (Å²) in [5, 5.41) is 2.93. The standard InChI is InChI=1S/C24H24N2O3S2/c1-2-19-13-16-30-22(19)26(17-18-9-4-3-5-10-18)23(27)29-15-8-14-25-20-11-6-7-12-21(20)31-24(25)28/h3-7,9-13,16H,2,8,14-15,17H2,1H3. The van der Waals surface area contributed by atoms with Crippen LogP contribution < -0.4 is 9.77 Å². The number of fused-ring (bicyclic) bond motifs is 1. The second-order valence-corrected chi connectivity index (χ2v) is 9.02. The number of aryl methyl sites for hydroxylation is 2. The van der Waals surface area contributed by atoms with Crippen molar-refractivity contribution in [1.29, 1.82) is 0 Å². The molecular weight excluding hydrogens is 428 g/mol. The van der Waals surface area contributed by atoms with Gasteiger partial charge in [0.25, 0.3) is 0 Å². The Morgan fingerprint density at radius 1 is 1.06 bits per heavy atom. The van der Waals surface area contributed by atoms with E-state index in [1.54, 1.807) is 20.8 Å². The third-order valence-electron chi connectivity index (χ3n) is 5.08. The fourth-order valence-corrected chi connectivity index (χ4v) is 5.41. The van der Waals surface area contributed by atoms with E-state index in [2.05, 4.69) is 13.0 Å². The molecule has 4 rings (SSSR count). The molecule has 0 saturated carbocycles. The molecule has 0 bridgehead atoms. The first-order valence-electron chi connectivity index (χ1n) is 10.3. The van der Waals surface area contributed by atoms with Gasteiger partial charge in [0.1, 0.15) is 5.00 Å². The molecule has 2 heterocycles. The third kappa shape index (κ3) is 4.89. The highest BCUT2D eigenvalue weighted by molar-refractivity contribution is 7.16. The highest BCUT2D eigenvalue weighted by atomic mass is 32.1. The van der Waals surface area contributed by atoms with Crippen LogP contribution in [0.1, 0.15) is 24.5 Å². The fraction of sp³-hybridized carbons (Fsp3) is 0.250. The number of para-hydroxylation sites is 1. The smallest absolute Gasteiger partial charge is 0.415 e. The molecule has 0 N–H and O–H groups in total. The average molecular weight is 453 g/mol. The Kier molecular flexibility index (Phi) is 6.84. The lowest BCUT2D eigenvalue weighted by atomic mass is 10.2. The summed E-state index contributed by atoms with van der Waals surface area (Å²) in [6, 6.07) is 19.7. The van der Waals surface area contributed by atoms with Gasteiger partial charge in [0.15, 0.2) is 0 Å². The minimum Gasteiger partial charge on any atom is -0.449 e. The fourth-order valence-electron chi connectivity index (χ4n) is 3.50. The predicted octanol–water partition coefficient (Wildman–Crippen LogP) is 5.92. The summed E-state index contributed by atoms with van der Waals surface area (Å²) < 4.78 is 8.36. The topological polar surface area (TPSA) is 51.5 Å². The van der Waals surface area contributed by atoms with Gasteiger partial charge in [0, 0.05) is 6.54 Å². The molecule has 0 aliphatic carbocycles. The molecule has 0 aliphatic heterocycles. The largest absolute Gasteiger partial charge is 0.449 e. The molecule has 0 saturated heterocycles. The summed E-state index contributed by atoms with van der Waals surface area (Å²) in [5.74, 6) is 0. The van der Waals surface area contributed by atoms with Crippen LogP contribution in [0.15, 0.2) is 70.8 Å². The molecule has 2 aromatic heterocycles.